The summed E-state index contributed by atoms with van der Waals surface area (Å²) in [4.78, 5) is 14.2. The number of nitrogens with zero attached hydrogens (tertiary/aromatic N) is 3. The lowest BCUT2D eigenvalue weighted by Gasteiger charge is -2.30. The van der Waals surface area contributed by atoms with Gasteiger partial charge in [0.05, 0.1) is 0 Å². The molecule has 0 aliphatic carbocycles. The molecule has 4 rings (SSSR count). The second kappa shape index (κ2) is 7.70. The minimum Gasteiger partial charge on any atom is -0.420 e. The summed E-state index contributed by atoms with van der Waals surface area (Å²) in [7, 11) is 0. The molecule has 0 spiro atoms. The molecule has 2 amide bonds. The number of piperidine rings is 1. The Kier molecular flexibility index (Phi) is 4.97. The lowest BCUT2D eigenvalue weighted by Crippen LogP contribution is -2.43. The predicted molar refractivity (Wildman–Crippen MR) is 99.8 cm³/mol. The Morgan fingerprint density at radius 2 is 2.00 bits per heavy atom. The van der Waals surface area contributed by atoms with Crippen molar-refractivity contribution in [2.24, 2.45) is 0 Å². The number of likely N-dealkylation sites (tertiary alicyclic amines) is 1. The number of carbonyl (C=O) groups is 1. The molecule has 2 aromatic heterocycles. The highest BCUT2D eigenvalue weighted by molar-refractivity contribution is 7.08. The Morgan fingerprint density at radius 3 is 2.73 bits per heavy atom. The van der Waals surface area contributed by atoms with E-state index in [-0.39, 0.29) is 11.9 Å². The third kappa shape index (κ3) is 3.77. The normalized spacial score (nSPS) is 15.2. The molecule has 1 N–H and O–H groups in total. The zero-order valence-electron chi connectivity index (χ0n) is 14.3. The molecule has 3 aromatic rings. The Labute approximate surface area is 155 Å². The van der Waals surface area contributed by atoms with Crippen LogP contribution in [-0.2, 0) is 6.54 Å². The SMILES string of the molecule is O=C(NCc1ccccc1)N1CCC(c2nnc(-c3ccsc3)o2)CC1. The number of benzene rings is 1. The number of aromatic nitrogens is 2. The van der Waals surface area contributed by atoms with Crippen LogP contribution in [0.2, 0.25) is 0 Å². The van der Waals surface area contributed by atoms with E-state index >= 15 is 0 Å². The Hall–Kier alpha value is -2.67. The van der Waals surface area contributed by atoms with Crippen LogP contribution in [0.1, 0.15) is 30.2 Å². The van der Waals surface area contributed by atoms with Crippen LogP contribution in [0.15, 0.2) is 51.6 Å². The first-order chi connectivity index (χ1) is 12.8. The fraction of sp³-hybridized carbons (Fsp3) is 0.316. The van der Waals surface area contributed by atoms with Crippen molar-refractivity contribution in [1.82, 2.24) is 20.4 Å². The van der Waals surface area contributed by atoms with Gasteiger partial charge in [-0.2, -0.15) is 11.3 Å². The summed E-state index contributed by atoms with van der Waals surface area (Å²) >= 11 is 1.61. The zero-order chi connectivity index (χ0) is 17.8. The summed E-state index contributed by atoms with van der Waals surface area (Å²) in [6, 6.07) is 11.9. The molecule has 1 fully saturated rings. The molecule has 0 unspecified atom stereocenters. The van der Waals surface area contributed by atoms with Crippen molar-refractivity contribution in [3.8, 4) is 11.5 Å². The van der Waals surface area contributed by atoms with Crippen molar-refractivity contribution in [2.75, 3.05) is 13.1 Å². The highest BCUT2D eigenvalue weighted by atomic mass is 32.1. The van der Waals surface area contributed by atoms with Crippen molar-refractivity contribution in [3.63, 3.8) is 0 Å². The number of nitrogens with one attached hydrogen (secondary N) is 1. The zero-order valence-corrected chi connectivity index (χ0v) is 15.1. The van der Waals surface area contributed by atoms with Gasteiger partial charge in [-0.25, -0.2) is 4.79 Å². The number of thiophene rings is 1. The average molecular weight is 368 g/mol. The Bertz CT molecular complexity index is 840. The molecule has 0 bridgehead atoms. The molecule has 0 radical (unpaired) electrons. The molecule has 7 heteroatoms. The van der Waals surface area contributed by atoms with Crippen molar-refractivity contribution in [2.45, 2.75) is 25.3 Å². The molecule has 1 aliphatic heterocycles. The van der Waals surface area contributed by atoms with Gasteiger partial charge in [0, 0.05) is 36.5 Å². The van der Waals surface area contributed by atoms with Gasteiger partial charge in [0.2, 0.25) is 11.8 Å². The van der Waals surface area contributed by atoms with Crippen molar-refractivity contribution in [1.29, 1.82) is 0 Å². The van der Waals surface area contributed by atoms with E-state index in [2.05, 4.69) is 15.5 Å². The number of urea groups is 1. The lowest BCUT2D eigenvalue weighted by molar-refractivity contribution is 0.177. The van der Waals surface area contributed by atoms with E-state index in [1.165, 1.54) is 0 Å². The Balaban J connectivity index is 1.29. The fourth-order valence-electron chi connectivity index (χ4n) is 3.12. The second-order valence-corrected chi connectivity index (χ2v) is 7.14. The first kappa shape index (κ1) is 16.8. The number of rotatable bonds is 4. The van der Waals surface area contributed by atoms with E-state index < -0.39 is 0 Å². The van der Waals surface area contributed by atoms with Crippen LogP contribution in [0, 0.1) is 0 Å². The van der Waals surface area contributed by atoms with E-state index in [1.54, 1.807) is 11.3 Å². The van der Waals surface area contributed by atoms with Crippen molar-refractivity contribution in [3.05, 3.63) is 58.6 Å². The minimum atomic E-state index is -0.0169. The number of carbonyl (C=O) groups excluding carboxylic acids is 1. The van der Waals surface area contributed by atoms with Crippen LogP contribution in [0.3, 0.4) is 0 Å². The van der Waals surface area contributed by atoms with Gasteiger partial charge in [0.1, 0.15) is 0 Å². The Morgan fingerprint density at radius 1 is 1.19 bits per heavy atom. The molecular weight excluding hydrogens is 348 g/mol. The van der Waals surface area contributed by atoms with Gasteiger partial charge < -0.3 is 14.6 Å². The van der Waals surface area contributed by atoms with E-state index in [0.717, 1.165) is 24.0 Å². The summed E-state index contributed by atoms with van der Waals surface area (Å²) in [6.45, 7) is 1.94. The molecule has 134 valence electrons. The average Bonchev–Trinajstić information content (AvgIpc) is 3.38. The number of hydrogen-bond donors (Lipinski definition) is 1. The van der Waals surface area contributed by atoms with Crippen molar-refractivity contribution < 1.29 is 9.21 Å². The first-order valence-corrected chi connectivity index (χ1v) is 9.66. The maximum absolute atomic E-state index is 12.3. The highest BCUT2D eigenvalue weighted by Gasteiger charge is 2.27. The van der Waals surface area contributed by atoms with Crippen LogP contribution in [0.4, 0.5) is 4.79 Å². The summed E-state index contributed by atoms with van der Waals surface area (Å²) in [5.41, 5.74) is 2.06. The summed E-state index contributed by atoms with van der Waals surface area (Å²) in [6.07, 6.45) is 1.67. The van der Waals surface area contributed by atoms with Gasteiger partial charge in [-0.3, -0.25) is 0 Å². The summed E-state index contributed by atoms with van der Waals surface area (Å²) < 4.78 is 5.83. The van der Waals surface area contributed by atoms with Gasteiger partial charge in [-0.1, -0.05) is 30.3 Å². The fourth-order valence-corrected chi connectivity index (χ4v) is 3.75. The number of hydrogen-bond acceptors (Lipinski definition) is 5. The van der Waals surface area contributed by atoms with E-state index in [9.17, 15) is 4.79 Å². The predicted octanol–water partition coefficient (Wildman–Crippen LogP) is 3.89. The molecule has 26 heavy (non-hydrogen) atoms. The van der Waals surface area contributed by atoms with Crippen LogP contribution >= 0.6 is 11.3 Å². The maximum Gasteiger partial charge on any atom is 0.317 e. The standard InChI is InChI=1S/C19H20N4O2S/c24-19(20-12-14-4-2-1-3-5-14)23-9-6-15(7-10-23)17-21-22-18(25-17)16-8-11-26-13-16/h1-5,8,11,13,15H,6-7,9-10,12H2,(H,20,24). The highest BCUT2D eigenvalue weighted by Crippen LogP contribution is 2.29. The lowest BCUT2D eigenvalue weighted by atomic mass is 9.97. The first-order valence-electron chi connectivity index (χ1n) is 8.72. The quantitative estimate of drug-likeness (QED) is 0.758. The van der Waals surface area contributed by atoms with Crippen LogP contribution < -0.4 is 5.32 Å². The van der Waals surface area contributed by atoms with Crippen LogP contribution in [0.25, 0.3) is 11.5 Å². The molecule has 1 aromatic carbocycles. The van der Waals surface area contributed by atoms with E-state index in [1.807, 2.05) is 52.1 Å². The molecule has 0 atom stereocenters. The largest absolute Gasteiger partial charge is 0.420 e. The minimum absolute atomic E-state index is 0.0169. The molecule has 3 heterocycles. The van der Waals surface area contributed by atoms with Gasteiger partial charge >= 0.3 is 6.03 Å². The third-order valence-electron chi connectivity index (χ3n) is 4.63. The maximum atomic E-state index is 12.3. The third-order valence-corrected chi connectivity index (χ3v) is 5.31. The van der Waals surface area contributed by atoms with E-state index in [4.69, 9.17) is 4.42 Å². The molecule has 0 saturated carbocycles. The van der Waals surface area contributed by atoms with Crippen LogP contribution in [0.5, 0.6) is 0 Å². The van der Waals surface area contributed by atoms with Crippen molar-refractivity contribution >= 4 is 17.4 Å². The van der Waals surface area contributed by atoms with Gasteiger partial charge in [0.25, 0.3) is 0 Å². The summed E-state index contributed by atoms with van der Waals surface area (Å²) in [5, 5.41) is 15.3. The topological polar surface area (TPSA) is 71.3 Å². The van der Waals surface area contributed by atoms with Crippen LogP contribution in [-0.4, -0.2) is 34.2 Å². The van der Waals surface area contributed by atoms with Gasteiger partial charge in [-0.15, -0.1) is 10.2 Å². The van der Waals surface area contributed by atoms with Gasteiger partial charge in [-0.05, 0) is 29.9 Å². The molecular formula is C19H20N4O2S. The number of amides is 2. The van der Waals surface area contributed by atoms with Gasteiger partial charge in [0.15, 0.2) is 0 Å². The molecule has 1 saturated heterocycles. The van der Waals surface area contributed by atoms with E-state index in [0.29, 0.717) is 31.4 Å². The monoisotopic (exact) mass is 368 g/mol. The molecule has 6 nitrogen and oxygen atoms in total. The second-order valence-electron chi connectivity index (χ2n) is 6.36. The summed E-state index contributed by atoms with van der Waals surface area (Å²) in [5.74, 6) is 1.47. The smallest absolute Gasteiger partial charge is 0.317 e. The molecule has 1 aliphatic rings.